The Kier molecular flexibility index (Phi) is 7.05. The SMILES string of the molecule is COc1c(Br)cc(Br)cc1/C=C/C(=O)Nc1ccc(-c2nnc(-c3cccc(C)c3)o2)cc1. The molecule has 0 aliphatic carbocycles. The lowest BCUT2D eigenvalue weighted by atomic mass is 10.1. The topological polar surface area (TPSA) is 77.2 Å². The highest BCUT2D eigenvalue weighted by atomic mass is 79.9. The molecule has 0 fully saturated rings. The second-order valence-corrected chi connectivity index (χ2v) is 8.96. The minimum atomic E-state index is -0.263. The van der Waals surface area contributed by atoms with Crippen LogP contribution in [0.5, 0.6) is 5.75 Å². The summed E-state index contributed by atoms with van der Waals surface area (Å²) in [6.45, 7) is 2.01. The number of benzene rings is 3. The number of nitrogens with one attached hydrogen (secondary N) is 1. The average Bonchev–Trinajstić information content (AvgIpc) is 3.28. The molecule has 0 radical (unpaired) electrons. The first-order chi connectivity index (χ1) is 15.9. The zero-order valence-corrected chi connectivity index (χ0v) is 21.0. The standard InChI is InChI=1S/C25H19Br2N3O3/c1-15-4-3-5-18(12-15)25-30-29-24(33-25)16-6-9-20(10-7-16)28-22(31)11-8-17-13-19(26)14-21(27)23(17)32-2/h3-14H,1-2H3,(H,28,31)/b11-8+. The predicted octanol–water partition coefficient (Wildman–Crippen LogP) is 6.90. The van der Waals surface area contributed by atoms with Crippen LogP contribution < -0.4 is 10.1 Å². The van der Waals surface area contributed by atoms with Crippen molar-refractivity contribution in [2.24, 2.45) is 0 Å². The van der Waals surface area contributed by atoms with Gasteiger partial charge in [0.05, 0.1) is 11.6 Å². The Morgan fingerprint density at radius 1 is 1.00 bits per heavy atom. The number of anilines is 1. The van der Waals surface area contributed by atoms with Gasteiger partial charge in [-0.3, -0.25) is 4.79 Å². The van der Waals surface area contributed by atoms with Gasteiger partial charge in [-0.2, -0.15) is 0 Å². The predicted molar refractivity (Wildman–Crippen MR) is 136 cm³/mol. The highest BCUT2D eigenvalue weighted by Gasteiger charge is 2.11. The Bertz CT molecular complexity index is 1330. The molecule has 0 aliphatic rings. The van der Waals surface area contributed by atoms with Gasteiger partial charge in [-0.25, -0.2) is 0 Å². The molecule has 0 atom stereocenters. The molecular formula is C25H19Br2N3O3. The molecule has 0 aliphatic heterocycles. The number of ether oxygens (including phenoxy) is 1. The highest BCUT2D eigenvalue weighted by Crippen LogP contribution is 2.33. The largest absolute Gasteiger partial charge is 0.495 e. The summed E-state index contributed by atoms with van der Waals surface area (Å²) in [5, 5.41) is 11.1. The van der Waals surface area contributed by atoms with E-state index in [1.807, 2.05) is 55.5 Å². The number of aromatic nitrogens is 2. The molecule has 4 rings (SSSR count). The average molecular weight is 569 g/mol. The van der Waals surface area contributed by atoms with Crippen LogP contribution in [0.3, 0.4) is 0 Å². The number of rotatable bonds is 6. The molecule has 1 aromatic heterocycles. The van der Waals surface area contributed by atoms with Crippen molar-refractivity contribution in [3.05, 3.63) is 86.8 Å². The molecule has 1 N–H and O–H groups in total. The van der Waals surface area contributed by atoms with Gasteiger partial charge in [0.2, 0.25) is 17.7 Å². The third kappa shape index (κ3) is 5.58. The summed E-state index contributed by atoms with van der Waals surface area (Å²) < 4.78 is 12.9. The van der Waals surface area contributed by atoms with Crippen LogP contribution in [0.2, 0.25) is 0 Å². The normalized spacial score (nSPS) is 11.0. The third-order valence-electron chi connectivity index (χ3n) is 4.74. The third-order valence-corrected chi connectivity index (χ3v) is 5.79. The number of halogens is 2. The number of hydrogen-bond acceptors (Lipinski definition) is 5. The second kappa shape index (κ2) is 10.1. The summed E-state index contributed by atoms with van der Waals surface area (Å²) in [4.78, 5) is 12.4. The van der Waals surface area contributed by atoms with Crippen LogP contribution in [0.25, 0.3) is 29.0 Å². The van der Waals surface area contributed by atoms with Gasteiger partial charge < -0.3 is 14.5 Å². The van der Waals surface area contributed by atoms with E-state index in [9.17, 15) is 4.79 Å². The fraction of sp³-hybridized carbons (Fsp3) is 0.0800. The van der Waals surface area contributed by atoms with Crippen LogP contribution >= 0.6 is 31.9 Å². The van der Waals surface area contributed by atoms with Crippen LogP contribution in [0, 0.1) is 6.92 Å². The van der Waals surface area contributed by atoms with E-state index in [0.29, 0.717) is 23.2 Å². The maximum Gasteiger partial charge on any atom is 0.248 e. The molecule has 6 nitrogen and oxygen atoms in total. The molecule has 0 saturated carbocycles. The summed E-state index contributed by atoms with van der Waals surface area (Å²) in [5.41, 5.74) is 4.17. The Morgan fingerprint density at radius 2 is 1.73 bits per heavy atom. The number of aryl methyl sites for hydroxylation is 1. The number of hydrogen-bond donors (Lipinski definition) is 1. The Morgan fingerprint density at radius 3 is 2.42 bits per heavy atom. The highest BCUT2D eigenvalue weighted by molar-refractivity contribution is 9.11. The molecule has 166 valence electrons. The molecule has 3 aromatic carbocycles. The number of methoxy groups -OCH3 is 1. The van der Waals surface area contributed by atoms with Crippen molar-refractivity contribution in [2.75, 3.05) is 12.4 Å². The van der Waals surface area contributed by atoms with Gasteiger partial charge in [0, 0.05) is 32.9 Å². The quantitative estimate of drug-likeness (QED) is 0.256. The van der Waals surface area contributed by atoms with Crippen molar-refractivity contribution in [3.8, 4) is 28.7 Å². The first kappa shape index (κ1) is 22.9. The molecule has 8 heteroatoms. The van der Waals surface area contributed by atoms with Gasteiger partial charge in [0.25, 0.3) is 0 Å². The molecule has 0 bridgehead atoms. The van der Waals surface area contributed by atoms with E-state index in [0.717, 1.165) is 31.2 Å². The van der Waals surface area contributed by atoms with Crippen molar-refractivity contribution in [1.29, 1.82) is 0 Å². The van der Waals surface area contributed by atoms with Crippen molar-refractivity contribution < 1.29 is 13.9 Å². The van der Waals surface area contributed by atoms with Crippen LogP contribution in [0.4, 0.5) is 5.69 Å². The van der Waals surface area contributed by atoms with E-state index in [4.69, 9.17) is 9.15 Å². The summed E-state index contributed by atoms with van der Waals surface area (Å²) >= 11 is 6.90. The maximum atomic E-state index is 12.4. The van der Waals surface area contributed by atoms with E-state index in [1.54, 1.807) is 25.3 Å². The monoisotopic (exact) mass is 567 g/mol. The lowest BCUT2D eigenvalue weighted by Crippen LogP contribution is -2.07. The summed E-state index contributed by atoms with van der Waals surface area (Å²) in [7, 11) is 1.58. The van der Waals surface area contributed by atoms with Crippen LogP contribution in [-0.4, -0.2) is 23.2 Å². The Hall–Kier alpha value is -3.23. The van der Waals surface area contributed by atoms with E-state index < -0.39 is 0 Å². The number of nitrogens with zero attached hydrogens (tertiary/aromatic N) is 2. The van der Waals surface area contributed by atoms with Gasteiger partial charge in [0.15, 0.2) is 0 Å². The van der Waals surface area contributed by atoms with Crippen molar-refractivity contribution in [2.45, 2.75) is 6.92 Å². The molecule has 0 unspecified atom stereocenters. The lowest BCUT2D eigenvalue weighted by Gasteiger charge is -2.08. The molecule has 1 amide bonds. The van der Waals surface area contributed by atoms with Crippen LogP contribution in [-0.2, 0) is 4.79 Å². The molecular weight excluding hydrogens is 550 g/mol. The first-order valence-corrected chi connectivity index (χ1v) is 11.5. The van der Waals surface area contributed by atoms with E-state index >= 15 is 0 Å². The minimum Gasteiger partial charge on any atom is -0.495 e. The zero-order chi connectivity index (χ0) is 23.4. The fourth-order valence-corrected chi connectivity index (χ4v) is 4.62. The molecule has 0 saturated heterocycles. The molecule has 0 spiro atoms. The number of carbonyl (C=O) groups excluding carboxylic acids is 1. The van der Waals surface area contributed by atoms with Gasteiger partial charge in [-0.15, -0.1) is 10.2 Å². The summed E-state index contributed by atoms with van der Waals surface area (Å²) in [6, 6.07) is 18.8. The number of carbonyl (C=O) groups is 1. The van der Waals surface area contributed by atoms with Crippen molar-refractivity contribution >= 4 is 49.5 Å². The van der Waals surface area contributed by atoms with Crippen LogP contribution in [0.1, 0.15) is 11.1 Å². The van der Waals surface area contributed by atoms with Gasteiger partial charge in [-0.1, -0.05) is 33.6 Å². The summed E-state index contributed by atoms with van der Waals surface area (Å²) in [5.74, 6) is 1.26. The van der Waals surface area contributed by atoms with Gasteiger partial charge >= 0.3 is 0 Å². The molecule has 4 aromatic rings. The lowest BCUT2D eigenvalue weighted by molar-refractivity contribution is -0.111. The zero-order valence-electron chi connectivity index (χ0n) is 17.8. The Balaban J connectivity index is 1.44. The smallest absolute Gasteiger partial charge is 0.248 e. The fourth-order valence-electron chi connectivity index (χ4n) is 3.20. The second-order valence-electron chi connectivity index (χ2n) is 7.19. The molecule has 33 heavy (non-hydrogen) atoms. The Labute approximate surface area is 207 Å². The van der Waals surface area contributed by atoms with Gasteiger partial charge in [0.1, 0.15) is 5.75 Å². The van der Waals surface area contributed by atoms with Crippen LogP contribution in [0.15, 0.2) is 80.1 Å². The van der Waals surface area contributed by atoms with E-state index in [1.165, 1.54) is 6.08 Å². The van der Waals surface area contributed by atoms with Crippen molar-refractivity contribution in [3.63, 3.8) is 0 Å². The first-order valence-electron chi connectivity index (χ1n) is 9.96. The van der Waals surface area contributed by atoms with E-state index in [-0.39, 0.29) is 5.91 Å². The van der Waals surface area contributed by atoms with E-state index in [2.05, 4.69) is 47.4 Å². The molecule has 1 heterocycles. The van der Waals surface area contributed by atoms with Crippen molar-refractivity contribution in [1.82, 2.24) is 10.2 Å². The number of amides is 1. The minimum absolute atomic E-state index is 0.263. The van der Waals surface area contributed by atoms with Gasteiger partial charge in [-0.05, 0) is 77.5 Å². The maximum absolute atomic E-state index is 12.4. The summed E-state index contributed by atoms with van der Waals surface area (Å²) in [6.07, 6.45) is 3.15.